The first-order valence-electron chi connectivity index (χ1n) is 9.56. The summed E-state index contributed by atoms with van der Waals surface area (Å²) in [7, 11) is 1.54. The van der Waals surface area contributed by atoms with E-state index < -0.39 is 0 Å². The molecule has 0 aliphatic rings. The van der Waals surface area contributed by atoms with Gasteiger partial charge in [0.05, 0.1) is 36.6 Å². The van der Waals surface area contributed by atoms with Gasteiger partial charge in [0.25, 0.3) is 5.91 Å². The number of ether oxygens (including phenoxy) is 3. The molecule has 0 radical (unpaired) electrons. The Bertz CT molecular complexity index is 1080. The number of nitrogens with one attached hydrogen (secondary N) is 1. The largest absolute Gasteiger partial charge is 0.496 e. The lowest BCUT2D eigenvalue weighted by Crippen LogP contribution is -2.18. The molecule has 3 aromatic rings. The number of halogens is 1. The van der Waals surface area contributed by atoms with Crippen LogP contribution in [0.2, 0.25) is 0 Å². The van der Waals surface area contributed by atoms with Gasteiger partial charge >= 0.3 is 0 Å². The quantitative estimate of drug-likeness (QED) is 0.364. The van der Waals surface area contributed by atoms with Crippen LogP contribution in [0.15, 0.2) is 58.1 Å². The average Bonchev–Trinajstić information content (AvgIpc) is 2.75. The van der Waals surface area contributed by atoms with Crippen molar-refractivity contribution in [1.82, 2.24) is 5.43 Å². The summed E-state index contributed by atoms with van der Waals surface area (Å²) in [5.41, 5.74) is 3.68. The van der Waals surface area contributed by atoms with Gasteiger partial charge in [-0.25, -0.2) is 5.43 Å². The molecule has 0 fully saturated rings. The van der Waals surface area contributed by atoms with Crippen molar-refractivity contribution in [2.24, 2.45) is 5.10 Å². The van der Waals surface area contributed by atoms with E-state index in [1.165, 1.54) is 13.3 Å². The summed E-state index contributed by atoms with van der Waals surface area (Å²) in [5.74, 6) is 1.42. The molecule has 0 bridgehead atoms. The van der Waals surface area contributed by atoms with Crippen molar-refractivity contribution in [2.75, 3.05) is 20.3 Å². The number of amides is 1. The van der Waals surface area contributed by atoms with Crippen molar-refractivity contribution in [1.29, 1.82) is 0 Å². The fourth-order valence-corrected chi connectivity index (χ4v) is 3.46. The number of hydrazone groups is 1. The minimum atomic E-state index is -0.364. The molecule has 0 aliphatic heterocycles. The van der Waals surface area contributed by atoms with Gasteiger partial charge in [0.2, 0.25) is 0 Å². The van der Waals surface area contributed by atoms with E-state index in [2.05, 4.69) is 26.5 Å². The Balaban J connectivity index is 1.84. The summed E-state index contributed by atoms with van der Waals surface area (Å²) in [6.45, 7) is 4.85. The van der Waals surface area contributed by atoms with Crippen molar-refractivity contribution in [3.8, 4) is 17.2 Å². The third-order valence-electron chi connectivity index (χ3n) is 4.35. The fraction of sp³-hybridized carbons (Fsp3) is 0.217. The Morgan fingerprint density at radius 3 is 2.33 bits per heavy atom. The first-order valence-corrected chi connectivity index (χ1v) is 10.4. The summed E-state index contributed by atoms with van der Waals surface area (Å²) >= 11 is 3.49. The first-order chi connectivity index (χ1) is 14.6. The summed E-state index contributed by atoms with van der Waals surface area (Å²) in [6, 6.07) is 15.0. The van der Waals surface area contributed by atoms with E-state index in [1.807, 2.05) is 50.2 Å². The molecule has 1 amide bonds. The molecule has 156 valence electrons. The second-order valence-electron chi connectivity index (χ2n) is 6.29. The zero-order valence-corrected chi connectivity index (χ0v) is 18.7. The van der Waals surface area contributed by atoms with E-state index in [1.54, 1.807) is 12.1 Å². The molecular weight excluding hydrogens is 448 g/mol. The predicted octanol–water partition coefficient (Wildman–Crippen LogP) is 5.17. The fourth-order valence-electron chi connectivity index (χ4n) is 2.98. The van der Waals surface area contributed by atoms with E-state index in [0.29, 0.717) is 41.6 Å². The Hall–Kier alpha value is -3.06. The van der Waals surface area contributed by atoms with Gasteiger partial charge in [0.1, 0.15) is 17.2 Å². The standard InChI is InChI=1S/C23H23BrN2O4/c1-4-29-20-13-22(30-5-2)19(24)11-17(20)14-25-26-23(27)18-10-15-8-6-7-9-16(15)12-21(18)28-3/h6-14H,4-5H2,1-3H3,(H,26,27). The Morgan fingerprint density at radius 1 is 1.00 bits per heavy atom. The number of methoxy groups -OCH3 is 1. The first kappa shape index (κ1) is 21.6. The molecule has 0 aromatic heterocycles. The van der Waals surface area contributed by atoms with Crippen molar-refractivity contribution >= 4 is 38.8 Å². The Kier molecular flexibility index (Phi) is 7.30. The maximum absolute atomic E-state index is 12.7. The van der Waals surface area contributed by atoms with E-state index >= 15 is 0 Å². The molecular formula is C23H23BrN2O4. The molecule has 0 saturated heterocycles. The zero-order chi connectivity index (χ0) is 21.5. The molecule has 0 unspecified atom stereocenters. The van der Waals surface area contributed by atoms with Crippen LogP contribution in [0.4, 0.5) is 0 Å². The number of rotatable bonds is 8. The van der Waals surface area contributed by atoms with Crippen LogP contribution in [0, 0.1) is 0 Å². The zero-order valence-electron chi connectivity index (χ0n) is 17.1. The Labute approximate surface area is 184 Å². The summed E-state index contributed by atoms with van der Waals surface area (Å²) in [5, 5.41) is 6.05. The number of hydrogen-bond donors (Lipinski definition) is 1. The van der Waals surface area contributed by atoms with Crippen LogP contribution in [0.3, 0.4) is 0 Å². The highest BCUT2D eigenvalue weighted by Crippen LogP contribution is 2.32. The summed E-state index contributed by atoms with van der Waals surface area (Å²) in [6.07, 6.45) is 1.54. The SMILES string of the molecule is CCOc1cc(OCC)c(C=NNC(=O)c2cc3ccccc3cc2OC)cc1Br. The minimum absolute atomic E-state index is 0.364. The van der Waals surface area contributed by atoms with E-state index in [-0.39, 0.29) is 5.91 Å². The second kappa shape index (κ2) is 10.1. The van der Waals surface area contributed by atoms with Gasteiger partial charge in [-0.2, -0.15) is 5.10 Å². The highest BCUT2D eigenvalue weighted by atomic mass is 79.9. The van der Waals surface area contributed by atoms with Gasteiger partial charge in [-0.3, -0.25) is 4.79 Å². The van der Waals surface area contributed by atoms with Crippen LogP contribution in [0.25, 0.3) is 10.8 Å². The molecule has 1 N–H and O–H groups in total. The van der Waals surface area contributed by atoms with Gasteiger partial charge in [0.15, 0.2) is 0 Å². The van der Waals surface area contributed by atoms with Crippen molar-refractivity contribution in [2.45, 2.75) is 13.8 Å². The van der Waals surface area contributed by atoms with Gasteiger partial charge in [-0.15, -0.1) is 0 Å². The molecule has 0 heterocycles. The molecule has 0 saturated carbocycles. The molecule has 0 aliphatic carbocycles. The van der Waals surface area contributed by atoms with E-state index in [0.717, 1.165) is 15.2 Å². The lowest BCUT2D eigenvalue weighted by molar-refractivity contribution is 0.0952. The second-order valence-corrected chi connectivity index (χ2v) is 7.14. The highest BCUT2D eigenvalue weighted by molar-refractivity contribution is 9.10. The highest BCUT2D eigenvalue weighted by Gasteiger charge is 2.14. The van der Waals surface area contributed by atoms with E-state index in [4.69, 9.17) is 14.2 Å². The molecule has 30 heavy (non-hydrogen) atoms. The number of carbonyl (C=O) groups excluding carboxylic acids is 1. The maximum Gasteiger partial charge on any atom is 0.275 e. The maximum atomic E-state index is 12.7. The monoisotopic (exact) mass is 470 g/mol. The lowest BCUT2D eigenvalue weighted by atomic mass is 10.1. The predicted molar refractivity (Wildman–Crippen MR) is 122 cm³/mol. The molecule has 3 aromatic carbocycles. The summed E-state index contributed by atoms with van der Waals surface area (Å²) in [4.78, 5) is 12.7. The van der Waals surface area contributed by atoms with Crippen LogP contribution in [0.5, 0.6) is 17.2 Å². The van der Waals surface area contributed by atoms with Crippen molar-refractivity contribution in [3.63, 3.8) is 0 Å². The Morgan fingerprint density at radius 2 is 1.67 bits per heavy atom. The number of benzene rings is 3. The molecule has 3 rings (SSSR count). The number of hydrogen-bond acceptors (Lipinski definition) is 5. The normalized spacial score (nSPS) is 10.9. The van der Waals surface area contributed by atoms with Gasteiger partial charge < -0.3 is 14.2 Å². The molecule has 0 spiro atoms. The topological polar surface area (TPSA) is 69.2 Å². The van der Waals surface area contributed by atoms with Crippen LogP contribution >= 0.6 is 15.9 Å². The third-order valence-corrected chi connectivity index (χ3v) is 4.97. The number of fused-ring (bicyclic) bond motifs is 1. The minimum Gasteiger partial charge on any atom is -0.496 e. The molecule has 7 heteroatoms. The van der Waals surface area contributed by atoms with Crippen LogP contribution in [0.1, 0.15) is 29.8 Å². The van der Waals surface area contributed by atoms with Crippen LogP contribution in [-0.4, -0.2) is 32.4 Å². The smallest absolute Gasteiger partial charge is 0.275 e. The third kappa shape index (κ3) is 4.91. The lowest BCUT2D eigenvalue weighted by Gasteiger charge is -2.12. The van der Waals surface area contributed by atoms with Crippen molar-refractivity contribution in [3.05, 3.63) is 64.1 Å². The van der Waals surface area contributed by atoms with E-state index in [9.17, 15) is 4.79 Å². The average molecular weight is 471 g/mol. The van der Waals surface area contributed by atoms with Gasteiger partial charge in [-0.1, -0.05) is 24.3 Å². The number of carbonyl (C=O) groups is 1. The van der Waals surface area contributed by atoms with Crippen LogP contribution in [-0.2, 0) is 0 Å². The number of nitrogens with zero attached hydrogens (tertiary/aromatic N) is 1. The summed E-state index contributed by atoms with van der Waals surface area (Å²) < 4.78 is 17.4. The molecule has 6 nitrogen and oxygen atoms in total. The van der Waals surface area contributed by atoms with Gasteiger partial charge in [-0.05, 0) is 58.7 Å². The van der Waals surface area contributed by atoms with Crippen LogP contribution < -0.4 is 19.6 Å². The van der Waals surface area contributed by atoms with Gasteiger partial charge in [0, 0.05) is 11.6 Å². The van der Waals surface area contributed by atoms with Crippen molar-refractivity contribution < 1.29 is 19.0 Å². The molecule has 0 atom stereocenters.